The lowest BCUT2D eigenvalue weighted by molar-refractivity contribution is -0.136. The fraction of sp³-hybridized carbons (Fsp3) is 0.650. The first kappa shape index (κ1) is 17.4. The summed E-state index contributed by atoms with van der Waals surface area (Å²) in [5.74, 6) is 0.580. The van der Waals surface area contributed by atoms with Gasteiger partial charge in [0.05, 0.1) is 12.6 Å². The number of aliphatic hydroxyl groups excluding tert-OH is 1. The molecule has 1 aromatic rings. The van der Waals surface area contributed by atoms with E-state index < -0.39 is 0 Å². The number of hydrogen-bond donors (Lipinski definition) is 1. The Labute approximate surface area is 145 Å². The smallest absolute Gasteiger partial charge is 0.236 e. The molecule has 24 heavy (non-hydrogen) atoms. The van der Waals surface area contributed by atoms with E-state index in [2.05, 4.69) is 16.7 Å². The predicted octanol–water partition coefficient (Wildman–Crippen LogP) is 2.83. The summed E-state index contributed by atoms with van der Waals surface area (Å²) in [5.41, 5.74) is 1.01. The predicted molar refractivity (Wildman–Crippen MR) is 95.6 cm³/mol. The zero-order valence-electron chi connectivity index (χ0n) is 14.7. The first-order chi connectivity index (χ1) is 11.6. The maximum atomic E-state index is 12.5. The van der Waals surface area contributed by atoms with Gasteiger partial charge in [0, 0.05) is 12.6 Å². The Morgan fingerprint density at radius 3 is 2.50 bits per heavy atom. The molecule has 1 amide bonds. The van der Waals surface area contributed by atoms with Crippen LogP contribution in [0.15, 0.2) is 30.3 Å². The minimum absolute atomic E-state index is 0.282. The number of hydrogen-bond acceptors (Lipinski definition) is 3. The van der Waals surface area contributed by atoms with Crippen LogP contribution in [0.5, 0.6) is 0 Å². The summed E-state index contributed by atoms with van der Waals surface area (Å²) in [6.07, 6.45) is 5.05. The SMILES string of the molecule is CC1CCCCN1C(=O)CN1CCC(C(O)c2ccccc2)CC1. The number of carbonyl (C=O) groups excluding carboxylic acids is 1. The molecule has 3 rings (SSSR count). The number of benzene rings is 1. The lowest BCUT2D eigenvalue weighted by Crippen LogP contribution is -2.48. The zero-order valence-corrected chi connectivity index (χ0v) is 14.7. The number of likely N-dealkylation sites (tertiary alicyclic amines) is 2. The number of rotatable bonds is 4. The molecule has 2 fully saturated rings. The molecule has 0 bridgehead atoms. The molecule has 0 radical (unpaired) electrons. The van der Waals surface area contributed by atoms with Crippen molar-refractivity contribution in [1.82, 2.24) is 9.80 Å². The minimum Gasteiger partial charge on any atom is -0.388 e. The number of aliphatic hydroxyl groups is 1. The van der Waals surface area contributed by atoms with Crippen molar-refractivity contribution in [2.45, 2.75) is 51.2 Å². The molecule has 4 nitrogen and oxygen atoms in total. The molecule has 0 aromatic heterocycles. The van der Waals surface area contributed by atoms with Gasteiger partial charge in [0.25, 0.3) is 0 Å². The molecule has 2 aliphatic heterocycles. The van der Waals surface area contributed by atoms with Crippen molar-refractivity contribution in [1.29, 1.82) is 0 Å². The second-order valence-corrected chi connectivity index (χ2v) is 7.40. The molecule has 2 heterocycles. The highest BCUT2D eigenvalue weighted by atomic mass is 16.3. The van der Waals surface area contributed by atoms with Crippen LogP contribution < -0.4 is 0 Å². The maximum Gasteiger partial charge on any atom is 0.236 e. The van der Waals surface area contributed by atoms with E-state index >= 15 is 0 Å². The largest absolute Gasteiger partial charge is 0.388 e. The average molecular weight is 330 g/mol. The number of nitrogens with zero attached hydrogens (tertiary/aromatic N) is 2. The van der Waals surface area contributed by atoms with Crippen LogP contribution >= 0.6 is 0 Å². The summed E-state index contributed by atoms with van der Waals surface area (Å²) < 4.78 is 0. The van der Waals surface area contributed by atoms with E-state index in [0.717, 1.165) is 50.9 Å². The third-order valence-corrected chi connectivity index (χ3v) is 5.70. The molecular weight excluding hydrogens is 300 g/mol. The first-order valence-corrected chi connectivity index (χ1v) is 9.40. The lowest BCUT2D eigenvalue weighted by Gasteiger charge is -2.37. The van der Waals surface area contributed by atoms with Crippen molar-refractivity contribution in [3.63, 3.8) is 0 Å². The van der Waals surface area contributed by atoms with Gasteiger partial charge >= 0.3 is 0 Å². The molecule has 1 N–H and O–H groups in total. The van der Waals surface area contributed by atoms with E-state index in [4.69, 9.17) is 0 Å². The number of amides is 1. The van der Waals surface area contributed by atoms with Crippen LogP contribution in [0.3, 0.4) is 0 Å². The van der Waals surface area contributed by atoms with Gasteiger partial charge in [-0.05, 0) is 63.6 Å². The van der Waals surface area contributed by atoms with Gasteiger partial charge in [0.1, 0.15) is 0 Å². The van der Waals surface area contributed by atoms with Crippen LogP contribution in [0, 0.1) is 5.92 Å². The average Bonchev–Trinajstić information content (AvgIpc) is 2.63. The standard InChI is InChI=1S/C20H30N2O2/c1-16-7-5-6-12-22(16)19(23)15-21-13-10-18(11-14-21)20(24)17-8-3-2-4-9-17/h2-4,8-9,16,18,20,24H,5-7,10-15H2,1H3. The minimum atomic E-state index is -0.383. The fourth-order valence-electron chi connectivity index (χ4n) is 4.10. The van der Waals surface area contributed by atoms with Gasteiger partial charge in [0.15, 0.2) is 0 Å². The van der Waals surface area contributed by atoms with Crippen molar-refractivity contribution >= 4 is 5.91 Å². The topological polar surface area (TPSA) is 43.8 Å². The van der Waals surface area contributed by atoms with E-state index in [1.54, 1.807) is 0 Å². The normalized spacial score (nSPS) is 24.8. The maximum absolute atomic E-state index is 12.5. The summed E-state index contributed by atoms with van der Waals surface area (Å²) in [5, 5.41) is 10.6. The molecule has 2 aliphatic rings. The molecule has 1 aromatic carbocycles. The lowest BCUT2D eigenvalue weighted by atomic mass is 9.87. The van der Waals surface area contributed by atoms with Gasteiger partial charge in [-0.3, -0.25) is 9.69 Å². The highest BCUT2D eigenvalue weighted by Gasteiger charge is 2.29. The second kappa shape index (κ2) is 8.13. The van der Waals surface area contributed by atoms with Gasteiger partial charge in [-0.25, -0.2) is 0 Å². The summed E-state index contributed by atoms with van der Waals surface area (Å²) >= 11 is 0. The molecule has 0 saturated carbocycles. The zero-order chi connectivity index (χ0) is 16.9. The van der Waals surface area contributed by atoms with E-state index in [1.165, 1.54) is 6.42 Å². The summed E-state index contributed by atoms with van der Waals surface area (Å²) in [7, 11) is 0. The van der Waals surface area contributed by atoms with E-state index in [-0.39, 0.29) is 12.0 Å². The van der Waals surface area contributed by atoms with Crippen LogP contribution in [-0.4, -0.2) is 53.0 Å². The van der Waals surface area contributed by atoms with Gasteiger partial charge in [-0.15, -0.1) is 0 Å². The molecule has 4 heteroatoms. The van der Waals surface area contributed by atoms with E-state index in [1.807, 2.05) is 30.3 Å². The molecule has 0 spiro atoms. The van der Waals surface area contributed by atoms with Crippen molar-refractivity contribution < 1.29 is 9.90 Å². The van der Waals surface area contributed by atoms with Gasteiger partial charge in [0.2, 0.25) is 5.91 Å². The van der Waals surface area contributed by atoms with Crippen molar-refractivity contribution in [2.75, 3.05) is 26.2 Å². The highest BCUT2D eigenvalue weighted by Crippen LogP contribution is 2.30. The van der Waals surface area contributed by atoms with Crippen LogP contribution in [0.1, 0.15) is 50.7 Å². The third-order valence-electron chi connectivity index (χ3n) is 5.70. The highest BCUT2D eigenvalue weighted by molar-refractivity contribution is 5.78. The molecule has 0 aliphatic carbocycles. The van der Waals surface area contributed by atoms with Crippen molar-refractivity contribution in [2.24, 2.45) is 5.92 Å². The first-order valence-electron chi connectivity index (χ1n) is 9.40. The van der Waals surface area contributed by atoms with E-state index in [9.17, 15) is 9.90 Å². The van der Waals surface area contributed by atoms with Crippen molar-refractivity contribution in [3.8, 4) is 0 Å². The quantitative estimate of drug-likeness (QED) is 0.923. The monoisotopic (exact) mass is 330 g/mol. The second-order valence-electron chi connectivity index (χ2n) is 7.40. The van der Waals surface area contributed by atoms with Gasteiger partial charge in [-0.2, -0.15) is 0 Å². The van der Waals surface area contributed by atoms with E-state index in [0.29, 0.717) is 18.5 Å². The molecular formula is C20H30N2O2. The summed E-state index contributed by atoms with van der Waals surface area (Å²) in [6.45, 7) is 5.44. The van der Waals surface area contributed by atoms with Crippen LogP contribution in [0.25, 0.3) is 0 Å². The number of piperidine rings is 2. The molecule has 2 atom stereocenters. The number of carbonyl (C=O) groups is 1. The Balaban J connectivity index is 1.47. The van der Waals surface area contributed by atoms with Crippen molar-refractivity contribution in [3.05, 3.63) is 35.9 Å². The van der Waals surface area contributed by atoms with Crippen LogP contribution in [0.4, 0.5) is 0 Å². The van der Waals surface area contributed by atoms with Gasteiger partial charge in [-0.1, -0.05) is 30.3 Å². The van der Waals surface area contributed by atoms with Gasteiger partial charge < -0.3 is 10.0 Å². The Morgan fingerprint density at radius 1 is 1.12 bits per heavy atom. The van der Waals surface area contributed by atoms with Crippen LogP contribution in [0.2, 0.25) is 0 Å². The molecule has 2 unspecified atom stereocenters. The fourth-order valence-corrected chi connectivity index (χ4v) is 4.10. The third kappa shape index (κ3) is 4.17. The molecule has 2 saturated heterocycles. The Morgan fingerprint density at radius 2 is 1.83 bits per heavy atom. The molecule has 132 valence electrons. The summed E-state index contributed by atoms with van der Waals surface area (Å²) in [6, 6.07) is 10.3. The Bertz CT molecular complexity index is 526. The Hall–Kier alpha value is -1.39. The Kier molecular flexibility index (Phi) is 5.90. The summed E-state index contributed by atoms with van der Waals surface area (Å²) in [4.78, 5) is 16.9. The van der Waals surface area contributed by atoms with Crippen LogP contribution in [-0.2, 0) is 4.79 Å².